The van der Waals surface area contributed by atoms with E-state index in [-0.39, 0.29) is 25.5 Å². The maximum absolute atomic E-state index is 14.5. The summed E-state index contributed by atoms with van der Waals surface area (Å²) in [5.41, 5.74) is 13.8. The second-order valence-corrected chi connectivity index (χ2v) is 11.1. The fourth-order valence-electron chi connectivity index (χ4n) is 5.12. The smallest absolute Gasteiger partial charge is 0.266 e. The lowest BCUT2D eigenvalue weighted by Gasteiger charge is -2.35. The average Bonchev–Trinajstić information content (AvgIpc) is 3.42. The van der Waals surface area contributed by atoms with Gasteiger partial charge in [0.1, 0.15) is 5.75 Å². The molecule has 2 atom stereocenters. The Kier molecular flexibility index (Phi) is 10.3. The Bertz CT molecular complexity index is 1470. The van der Waals surface area contributed by atoms with Gasteiger partial charge in [0.25, 0.3) is 5.91 Å². The molecule has 1 saturated heterocycles. The Morgan fingerprint density at radius 2 is 1.84 bits per heavy atom. The number of hydrogen-bond donors (Lipinski definition) is 2. The minimum Gasteiger partial charge on any atom is -0.494 e. The van der Waals surface area contributed by atoms with E-state index in [1.807, 2.05) is 77.8 Å². The quantitative estimate of drug-likeness (QED) is 0.124. The van der Waals surface area contributed by atoms with E-state index >= 15 is 0 Å². The lowest BCUT2D eigenvalue weighted by molar-refractivity contribution is -0.136. The van der Waals surface area contributed by atoms with Crippen LogP contribution in [0.15, 0.2) is 87.4 Å². The number of nitrogens with zero attached hydrogens (tertiary/aromatic N) is 5. The molecule has 0 spiro atoms. The number of ether oxygens (including phenoxy) is 3. The number of benzene rings is 3. The third kappa shape index (κ3) is 7.35. The molecule has 12 heteroatoms. The standard InChI is InChI=1S/C31H33BrN6O5/c32-26-10-6-22(7-11-26)28-31(30(40)36-38-14-18-41-19-15-38,20-24-4-1-2-5-25(24)21-34-37-33)35-29(43-28)23-8-12-27(13-9-23)42-17-3-16-39/h1-2,4-13,28,39H,3,14-21H2,(H,36,40)/t28-,31-/m0/s1. The van der Waals surface area contributed by atoms with Gasteiger partial charge in [-0.25, -0.2) is 10.0 Å². The molecule has 1 amide bonds. The molecule has 2 aliphatic heterocycles. The molecular formula is C31H33BrN6O5. The summed E-state index contributed by atoms with van der Waals surface area (Å²) in [6.45, 7) is 2.72. The van der Waals surface area contributed by atoms with Crippen LogP contribution in [0.3, 0.4) is 0 Å². The fraction of sp³-hybridized carbons (Fsp3) is 0.355. The van der Waals surface area contributed by atoms with Crippen molar-refractivity contribution in [1.29, 1.82) is 0 Å². The molecule has 5 rings (SSSR count). The molecule has 2 heterocycles. The topological polar surface area (TPSA) is 141 Å². The molecule has 3 aromatic carbocycles. The van der Waals surface area contributed by atoms with Crippen molar-refractivity contribution in [3.05, 3.63) is 110 Å². The van der Waals surface area contributed by atoms with E-state index in [9.17, 15) is 4.79 Å². The van der Waals surface area contributed by atoms with Gasteiger partial charge >= 0.3 is 0 Å². The minimum atomic E-state index is -1.40. The molecule has 0 bridgehead atoms. The van der Waals surface area contributed by atoms with Crippen LogP contribution in [0.25, 0.3) is 10.4 Å². The Balaban J connectivity index is 1.59. The summed E-state index contributed by atoms with van der Waals surface area (Å²) in [6.07, 6.45) is -0.0222. The molecule has 3 aromatic rings. The normalized spacial score (nSPS) is 20.0. The van der Waals surface area contributed by atoms with Crippen molar-refractivity contribution in [1.82, 2.24) is 10.4 Å². The number of morpholine rings is 1. The number of nitrogens with one attached hydrogen (secondary N) is 1. The molecule has 2 aliphatic rings. The molecular weight excluding hydrogens is 616 g/mol. The van der Waals surface area contributed by atoms with E-state index in [4.69, 9.17) is 29.8 Å². The van der Waals surface area contributed by atoms with E-state index in [0.29, 0.717) is 56.5 Å². The molecule has 0 radical (unpaired) electrons. The van der Waals surface area contributed by atoms with Crippen molar-refractivity contribution < 1.29 is 24.1 Å². The summed E-state index contributed by atoms with van der Waals surface area (Å²) < 4.78 is 18.7. The Labute approximate surface area is 258 Å². The van der Waals surface area contributed by atoms with E-state index < -0.39 is 11.6 Å². The SMILES string of the molecule is [N-]=[N+]=NCc1ccccc1C[C@]1(C(=O)NN2CCOCC2)N=C(c2ccc(OCCCO)cc2)O[C@H]1c1ccc(Br)cc1. The summed E-state index contributed by atoms with van der Waals surface area (Å²) >= 11 is 3.51. The lowest BCUT2D eigenvalue weighted by Crippen LogP contribution is -2.57. The Morgan fingerprint density at radius 3 is 2.53 bits per heavy atom. The van der Waals surface area contributed by atoms with Gasteiger partial charge in [0, 0.05) is 47.5 Å². The number of aliphatic imine (C=N–C) groups is 1. The summed E-state index contributed by atoms with van der Waals surface area (Å²) in [6, 6.07) is 22.6. The first kappa shape index (κ1) is 30.5. The van der Waals surface area contributed by atoms with Gasteiger partial charge in [-0.2, -0.15) is 0 Å². The molecule has 224 valence electrons. The van der Waals surface area contributed by atoms with Crippen LogP contribution in [0.5, 0.6) is 5.75 Å². The summed E-state index contributed by atoms with van der Waals surface area (Å²) in [5.74, 6) is 0.683. The van der Waals surface area contributed by atoms with Gasteiger partial charge in [0.15, 0.2) is 11.6 Å². The number of carbonyl (C=O) groups excluding carboxylic acids is 1. The summed E-state index contributed by atoms with van der Waals surface area (Å²) in [7, 11) is 0. The predicted octanol–water partition coefficient (Wildman–Crippen LogP) is 4.88. The van der Waals surface area contributed by atoms with Gasteiger partial charge in [-0.3, -0.25) is 10.2 Å². The number of azide groups is 1. The molecule has 43 heavy (non-hydrogen) atoms. The van der Waals surface area contributed by atoms with Gasteiger partial charge in [0.2, 0.25) is 5.90 Å². The van der Waals surface area contributed by atoms with Crippen molar-refractivity contribution in [3.8, 4) is 5.75 Å². The van der Waals surface area contributed by atoms with Crippen LogP contribution >= 0.6 is 15.9 Å². The zero-order valence-electron chi connectivity index (χ0n) is 23.6. The van der Waals surface area contributed by atoms with Crippen molar-refractivity contribution in [2.24, 2.45) is 10.1 Å². The van der Waals surface area contributed by atoms with Crippen LogP contribution in [0.4, 0.5) is 0 Å². The highest BCUT2D eigenvalue weighted by Gasteiger charge is 2.54. The third-order valence-electron chi connectivity index (χ3n) is 7.36. The molecule has 0 unspecified atom stereocenters. The first-order valence-electron chi connectivity index (χ1n) is 14.1. The van der Waals surface area contributed by atoms with Gasteiger partial charge in [-0.1, -0.05) is 57.4 Å². The van der Waals surface area contributed by atoms with Gasteiger partial charge < -0.3 is 19.3 Å². The lowest BCUT2D eigenvalue weighted by atomic mass is 9.81. The Morgan fingerprint density at radius 1 is 1.12 bits per heavy atom. The molecule has 0 aromatic heterocycles. The highest BCUT2D eigenvalue weighted by molar-refractivity contribution is 9.10. The number of amides is 1. The molecule has 2 N–H and O–H groups in total. The van der Waals surface area contributed by atoms with Crippen LogP contribution in [-0.4, -0.2) is 67.0 Å². The molecule has 11 nitrogen and oxygen atoms in total. The summed E-state index contributed by atoms with van der Waals surface area (Å²) in [5, 5.41) is 14.7. The first-order chi connectivity index (χ1) is 21.0. The highest BCUT2D eigenvalue weighted by atomic mass is 79.9. The molecule has 1 fully saturated rings. The number of aliphatic hydroxyl groups is 1. The van der Waals surface area contributed by atoms with Gasteiger partial charge in [0.05, 0.1) is 26.4 Å². The zero-order chi connectivity index (χ0) is 30.1. The minimum absolute atomic E-state index is 0.0563. The zero-order valence-corrected chi connectivity index (χ0v) is 25.1. The number of hydrogen-bond acceptors (Lipinski definition) is 8. The van der Waals surface area contributed by atoms with Crippen LogP contribution in [0.2, 0.25) is 0 Å². The number of hydrazine groups is 1. The number of carbonyl (C=O) groups is 1. The monoisotopic (exact) mass is 648 g/mol. The highest BCUT2D eigenvalue weighted by Crippen LogP contribution is 2.43. The molecule has 0 saturated carbocycles. The van der Waals surface area contributed by atoms with Crippen LogP contribution in [0.1, 0.15) is 34.8 Å². The van der Waals surface area contributed by atoms with Crippen LogP contribution < -0.4 is 10.2 Å². The largest absolute Gasteiger partial charge is 0.494 e. The third-order valence-corrected chi connectivity index (χ3v) is 7.88. The number of halogens is 1. The Hall–Kier alpha value is -3.93. The van der Waals surface area contributed by atoms with E-state index in [1.165, 1.54) is 0 Å². The first-order valence-corrected chi connectivity index (χ1v) is 14.9. The second-order valence-electron chi connectivity index (χ2n) is 10.2. The maximum Gasteiger partial charge on any atom is 0.266 e. The van der Waals surface area contributed by atoms with E-state index in [0.717, 1.165) is 21.2 Å². The van der Waals surface area contributed by atoms with Crippen molar-refractivity contribution in [2.75, 3.05) is 39.5 Å². The van der Waals surface area contributed by atoms with Crippen LogP contribution in [0, 0.1) is 0 Å². The van der Waals surface area contributed by atoms with Crippen molar-refractivity contribution in [2.45, 2.75) is 31.0 Å². The maximum atomic E-state index is 14.5. The molecule has 0 aliphatic carbocycles. The average molecular weight is 650 g/mol. The van der Waals surface area contributed by atoms with Gasteiger partial charge in [-0.15, -0.1) is 0 Å². The number of rotatable bonds is 12. The van der Waals surface area contributed by atoms with Crippen molar-refractivity contribution in [3.63, 3.8) is 0 Å². The van der Waals surface area contributed by atoms with Gasteiger partial charge in [-0.05, 0) is 58.6 Å². The van der Waals surface area contributed by atoms with Crippen molar-refractivity contribution >= 4 is 27.7 Å². The summed E-state index contributed by atoms with van der Waals surface area (Å²) in [4.78, 5) is 22.5. The van der Waals surface area contributed by atoms with E-state index in [1.54, 1.807) is 0 Å². The fourth-order valence-corrected chi connectivity index (χ4v) is 5.38. The second kappa shape index (κ2) is 14.5. The predicted molar refractivity (Wildman–Crippen MR) is 164 cm³/mol. The van der Waals surface area contributed by atoms with Crippen LogP contribution in [-0.2, 0) is 27.2 Å². The number of aliphatic hydroxyl groups excluding tert-OH is 1. The van der Waals surface area contributed by atoms with E-state index in [2.05, 4.69) is 31.4 Å².